The summed E-state index contributed by atoms with van der Waals surface area (Å²) in [7, 11) is 0. The predicted octanol–water partition coefficient (Wildman–Crippen LogP) is 4.67. The van der Waals surface area contributed by atoms with E-state index in [0.29, 0.717) is 32.2 Å². The lowest BCUT2D eigenvalue weighted by Crippen LogP contribution is -2.53. The molecule has 59 heavy (non-hydrogen) atoms. The molecule has 0 saturated carbocycles. The average molecular weight is 814 g/mol. The van der Waals surface area contributed by atoms with E-state index in [9.17, 15) is 39.3 Å². The second-order valence-corrected chi connectivity index (χ2v) is 16.0. The van der Waals surface area contributed by atoms with Gasteiger partial charge in [0.2, 0.25) is 23.6 Å². The summed E-state index contributed by atoms with van der Waals surface area (Å²) in [4.78, 5) is 64.8. The van der Waals surface area contributed by atoms with Crippen molar-refractivity contribution in [2.24, 2.45) is 17.8 Å². The van der Waals surface area contributed by atoms with E-state index in [4.69, 9.17) is 0 Å². The Balaban J connectivity index is 1.66. The Hall–Kier alpha value is -5.53. The van der Waals surface area contributed by atoms with Crippen LogP contribution in [0.3, 0.4) is 0 Å². The topological polar surface area (TPSA) is 206 Å². The molecule has 7 unspecified atom stereocenters. The van der Waals surface area contributed by atoms with E-state index in [1.54, 1.807) is 12.2 Å². The number of carbonyl (C=O) groups excluding carboxylic acids is 4. The van der Waals surface area contributed by atoms with Gasteiger partial charge in [-0.15, -0.1) is 0 Å². The number of benzene rings is 3. The van der Waals surface area contributed by atoms with Gasteiger partial charge < -0.3 is 41.9 Å². The van der Waals surface area contributed by atoms with Gasteiger partial charge in [0.1, 0.15) is 6.04 Å². The summed E-state index contributed by atoms with van der Waals surface area (Å²) in [6, 6.07) is 24.9. The van der Waals surface area contributed by atoms with Gasteiger partial charge in [0.05, 0.1) is 49.1 Å². The van der Waals surface area contributed by atoms with Gasteiger partial charge in [0.15, 0.2) is 0 Å². The fourth-order valence-electron chi connectivity index (χ4n) is 6.71. The second kappa shape index (κ2) is 25.1. The minimum Gasteiger partial charge on any atom is -0.465 e. The Bertz CT molecular complexity index is 1770. The molecule has 3 aromatic carbocycles. The molecular weight excluding hydrogens is 751 g/mol. The molecule has 8 N–H and O–H groups in total. The molecule has 3 aromatic rings. The smallest absolute Gasteiger partial charge is 0.405 e. The van der Waals surface area contributed by atoms with Gasteiger partial charge in [0.25, 0.3) is 0 Å². The van der Waals surface area contributed by atoms with Crippen LogP contribution in [0.4, 0.5) is 4.79 Å². The predicted molar refractivity (Wildman–Crippen MR) is 228 cm³/mol. The summed E-state index contributed by atoms with van der Waals surface area (Å²) < 4.78 is 0. The molecule has 0 saturated heterocycles. The Morgan fingerprint density at radius 1 is 0.559 bits per heavy atom. The lowest BCUT2D eigenvalue weighted by atomic mass is 9.93. The normalized spacial score (nSPS) is 15.0. The van der Waals surface area contributed by atoms with Gasteiger partial charge in [-0.25, -0.2) is 4.79 Å². The number of rotatable bonds is 24. The number of amides is 5. The maximum atomic E-state index is 14.0. The molecule has 0 heterocycles. The van der Waals surface area contributed by atoms with Crippen LogP contribution in [0.2, 0.25) is 0 Å². The lowest BCUT2D eigenvalue weighted by molar-refractivity contribution is -0.131. The fraction of sp³-hybridized carbons (Fsp3) is 0.457. The molecule has 0 aliphatic rings. The molecule has 0 bridgehead atoms. The number of hydrogen-bond donors (Lipinski definition) is 8. The highest BCUT2D eigenvalue weighted by Gasteiger charge is 2.30. The van der Waals surface area contributed by atoms with Crippen LogP contribution < -0.4 is 26.6 Å². The van der Waals surface area contributed by atoms with Gasteiger partial charge >= 0.3 is 6.09 Å². The van der Waals surface area contributed by atoms with E-state index in [-0.39, 0.29) is 24.2 Å². The summed E-state index contributed by atoms with van der Waals surface area (Å²) in [6.45, 7) is 9.52. The van der Waals surface area contributed by atoms with E-state index >= 15 is 0 Å². The molecule has 3 rings (SSSR count). The summed E-state index contributed by atoms with van der Waals surface area (Å²) in [5, 5.41) is 45.5. The third-order valence-electron chi connectivity index (χ3n) is 9.75. The summed E-state index contributed by atoms with van der Waals surface area (Å²) in [5.41, 5.74) is 2.71. The van der Waals surface area contributed by atoms with Crippen LogP contribution in [0.25, 0.3) is 0 Å². The molecule has 0 spiro atoms. The molecule has 13 nitrogen and oxygen atoms in total. The highest BCUT2D eigenvalue weighted by molar-refractivity contribution is 5.88. The first-order valence-electron chi connectivity index (χ1n) is 20.4. The number of aliphatic hydroxyl groups is 2. The zero-order valence-corrected chi connectivity index (χ0v) is 34.8. The van der Waals surface area contributed by atoms with E-state index in [1.807, 2.05) is 119 Å². The van der Waals surface area contributed by atoms with E-state index in [0.717, 1.165) is 16.7 Å². The number of carbonyl (C=O) groups is 5. The molecular formula is C46H63N5O8. The maximum Gasteiger partial charge on any atom is 0.405 e. The van der Waals surface area contributed by atoms with Crippen LogP contribution >= 0.6 is 0 Å². The van der Waals surface area contributed by atoms with E-state index in [2.05, 4.69) is 26.6 Å². The van der Waals surface area contributed by atoms with Crippen molar-refractivity contribution < 1.29 is 39.3 Å². The molecule has 5 amide bonds. The van der Waals surface area contributed by atoms with Crippen LogP contribution in [0, 0.1) is 17.8 Å². The first kappa shape index (κ1) is 47.8. The summed E-state index contributed by atoms with van der Waals surface area (Å²) in [5.74, 6) is -2.58. The first-order valence-corrected chi connectivity index (χ1v) is 20.4. The molecule has 320 valence electrons. The lowest BCUT2D eigenvalue weighted by Gasteiger charge is -2.28. The van der Waals surface area contributed by atoms with Gasteiger partial charge in [-0.3, -0.25) is 19.2 Å². The summed E-state index contributed by atoms with van der Waals surface area (Å²) in [6.07, 6.45) is 0.455. The maximum absolute atomic E-state index is 14.0. The van der Waals surface area contributed by atoms with Crippen LogP contribution in [-0.4, -0.2) is 81.4 Å². The summed E-state index contributed by atoms with van der Waals surface area (Å²) >= 11 is 0. The third kappa shape index (κ3) is 18.7. The Kier molecular flexibility index (Phi) is 20.3. The minimum atomic E-state index is -1.30. The fourth-order valence-corrected chi connectivity index (χ4v) is 6.71. The Labute approximate surface area is 348 Å². The monoisotopic (exact) mass is 813 g/mol. The van der Waals surface area contributed by atoms with Crippen molar-refractivity contribution in [3.05, 3.63) is 120 Å². The largest absolute Gasteiger partial charge is 0.465 e. The van der Waals surface area contributed by atoms with Gasteiger partial charge in [-0.05, 0) is 61.1 Å². The van der Waals surface area contributed by atoms with Crippen LogP contribution in [0.15, 0.2) is 103 Å². The highest BCUT2D eigenvalue weighted by Crippen LogP contribution is 2.17. The van der Waals surface area contributed by atoms with Crippen LogP contribution in [0.5, 0.6) is 0 Å². The van der Waals surface area contributed by atoms with Crippen molar-refractivity contribution in [1.82, 2.24) is 26.6 Å². The van der Waals surface area contributed by atoms with E-state index < -0.39 is 72.5 Å². The zero-order chi connectivity index (χ0) is 43.3. The van der Waals surface area contributed by atoms with Crippen molar-refractivity contribution in [3.8, 4) is 0 Å². The van der Waals surface area contributed by atoms with Gasteiger partial charge in [-0.2, -0.15) is 0 Å². The minimum absolute atomic E-state index is 0.0329. The molecule has 0 aliphatic carbocycles. The van der Waals surface area contributed by atoms with Crippen molar-refractivity contribution >= 4 is 29.7 Å². The van der Waals surface area contributed by atoms with E-state index in [1.165, 1.54) is 6.92 Å². The number of aliphatic hydroxyl groups excluding tert-OH is 2. The number of carboxylic acid groups (broad SMARTS) is 1. The Morgan fingerprint density at radius 3 is 1.51 bits per heavy atom. The quantitative estimate of drug-likeness (QED) is 0.0596. The molecule has 0 radical (unpaired) electrons. The second-order valence-electron chi connectivity index (χ2n) is 16.0. The molecule has 0 aromatic heterocycles. The molecule has 0 fully saturated rings. The first-order chi connectivity index (χ1) is 28.1. The number of hydrogen-bond acceptors (Lipinski definition) is 7. The molecule has 0 aliphatic heterocycles. The zero-order valence-electron chi connectivity index (χ0n) is 34.8. The van der Waals surface area contributed by atoms with Crippen LogP contribution in [-0.2, 0) is 38.6 Å². The van der Waals surface area contributed by atoms with Crippen molar-refractivity contribution in [2.45, 2.75) is 116 Å². The van der Waals surface area contributed by atoms with Gasteiger partial charge in [0, 0.05) is 6.54 Å². The van der Waals surface area contributed by atoms with Crippen molar-refractivity contribution in [2.75, 3.05) is 0 Å². The highest BCUT2D eigenvalue weighted by atomic mass is 16.4. The molecule has 7 atom stereocenters. The third-order valence-corrected chi connectivity index (χ3v) is 9.75. The van der Waals surface area contributed by atoms with Crippen molar-refractivity contribution in [3.63, 3.8) is 0 Å². The average Bonchev–Trinajstić information content (AvgIpc) is 3.18. The SMILES string of the molecule is CC(C)CC(NC(=O)C(C=CC(Cc1ccccc1)NC(=O)O)Cc1ccccc1)C(O)CC(=O)NC(C)C(=O)NC(CC(C)C)C(O)CC(=O)NCc1ccccc1. The standard InChI is InChI=1S/C46H63N5O8/c1-30(2)23-38(40(52)27-42(54)47-29-35-19-13-8-14-20-35)50-44(56)32(5)48-43(55)28-41(53)39(24-31(3)4)51-45(57)36(25-33-15-9-6-10-16-33)21-22-37(49-46(58)59)26-34-17-11-7-12-18-34/h6-22,30-32,36-41,49,52-53H,23-29H2,1-5H3,(H,47,54)(H,48,55)(H,50,56)(H,51,57)(H,58,59). The Morgan fingerprint density at radius 2 is 1.02 bits per heavy atom. The van der Waals surface area contributed by atoms with Gasteiger partial charge in [-0.1, -0.05) is 131 Å². The number of nitrogens with one attached hydrogen (secondary N) is 5. The van der Waals surface area contributed by atoms with Crippen LogP contribution in [0.1, 0.15) is 77.0 Å². The van der Waals surface area contributed by atoms with Crippen molar-refractivity contribution in [1.29, 1.82) is 0 Å². The molecule has 13 heteroatoms.